The predicted octanol–water partition coefficient (Wildman–Crippen LogP) is 2.47. The molecule has 28 heavy (non-hydrogen) atoms. The van der Waals surface area contributed by atoms with Gasteiger partial charge in [-0.1, -0.05) is 12.1 Å². The van der Waals surface area contributed by atoms with Gasteiger partial charge in [0.05, 0.1) is 38.5 Å². The van der Waals surface area contributed by atoms with Crippen LogP contribution in [0.1, 0.15) is 6.92 Å². The first-order valence-corrected chi connectivity index (χ1v) is 9.86. The molecule has 2 aromatic carbocycles. The largest absolute Gasteiger partial charge is 0.495 e. The van der Waals surface area contributed by atoms with E-state index in [0.29, 0.717) is 11.5 Å². The summed E-state index contributed by atoms with van der Waals surface area (Å²) in [6, 6.07) is 10.7. The van der Waals surface area contributed by atoms with E-state index in [0.717, 1.165) is 4.31 Å². The third-order valence-corrected chi connectivity index (χ3v) is 5.63. The van der Waals surface area contributed by atoms with Gasteiger partial charge in [0.1, 0.15) is 12.3 Å². The third-order valence-electron chi connectivity index (χ3n) is 3.87. The molecule has 152 valence electrons. The maximum absolute atomic E-state index is 13.4. The van der Waals surface area contributed by atoms with Gasteiger partial charge in [-0.25, -0.2) is 8.42 Å². The van der Waals surface area contributed by atoms with Crippen LogP contribution in [0.5, 0.6) is 17.2 Å². The Labute approximate surface area is 164 Å². The van der Waals surface area contributed by atoms with Crippen LogP contribution in [-0.4, -0.2) is 48.9 Å². The molecule has 0 heterocycles. The summed E-state index contributed by atoms with van der Waals surface area (Å²) < 4.78 is 48.3. The lowest BCUT2D eigenvalue weighted by Crippen LogP contribution is -2.36. The normalized spacial score (nSPS) is 10.9. The Hall–Kier alpha value is -2.94. The molecule has 0 saturated heterocycles. The molecule has 0 amide bonds. The Morgan fingerprint density at radius 1 is 0.929 bits per heavy atom. The lowest BCUT2D eigenvalue weighted by molar-refractivity contribution is -0.141. The Balaban J connectivity index is 2.59. The Morgan fingerprint density at radius 3 is 2.18 bits per heavy atom. The summed E-state index contributed by atoms with van der Waals surface area (Å²) in [6.45, 7) is 1.27. The number of esters is 1. The van der Waals surface area contributed by atoms with Crippen molar-refractivity contribution >= 4 is 21.7 Å². The van der Waals surface area contributed by atoms with E-state index in [1.807, 2.05) is 0 Å². The van der Waals surface area contributed by atoms with Crippen molar-refractivity contribution < 1.29 is 32.2 Å². The summed E-state index contributed by atoms with van der Waals surface area (Å²) >= 11 is 0. The summed E-state index contributed by atoms with van der Waals surface area (Å²) in [5.41, 5.74) is 0.216. The highest BCUT2D eigenvalue weighted by Crippen LogP contribution is 2.35. The lowest BCUT2D eigenvalue weighted by atomic mass is 10.3. The van der Waals surface area contributed by atoms with Crippen molar-refractivity contribution in [3.8, 4) is 17.2 Å². The number of ether oxygens (including phenoxy) is 4. The number of para-hydroxylation sites is 2. The van der Waals surface area contributed by atoms with Crippen LogP contribution in [0, 0.1) is 0 Å². The van der Waals surface area contributed by atoms with Gasteiger partial charge in [0.2, 0.25) is 0 Å². The van der Waals surface area contributed by atoms with Gasteiger partial charge < -0.3 is 18.9 Å². The van der Waals surface area contributed by atoms with Crippen molar-refractivity contribution in [3.05, 3.63) is 42.5 Å². The highest BCUT2D eigenvalue weighted by molar-refractivity contribution is 7.92. The molecule has 0 atom stereocenters. The van der Waals surface area contributed by atoms with Crippen LogP contribution in [0.3, 0.4) is 0 Å². The maximum Gasteiger partial charge on any atom is 0.326 e. The van der Waals surface area contributed by atoms with Crippen molar-refractivity contribution in [3.63, 3.8) is 0 Å². The SMILES string of the molecule is CCOC(=O)CN(c1ccccc1OC)S(=O)(=O)c1ccc(OC)c(OC)c1. The molecule has 0 radical (unpaired) electrons. The van der Waals surface area contributed by atoms with Crippen LogP contribution in [-0.2, 0) is 19.6 Å². The number of methoxy groups -OCH3 is 3. The number of carbonyl (C=O) groups excluding carboxylic acids is 1. The topological polar surface area (TPSA) is 91.4 Å². The monoisotopic (exact) mass is 409 g/mol. The zero-order valence-corrected chi connectivity index (χ0v) is 17.0. The standard InChI is InChI=1S/C19H23NO7S/c1-5-27-19(21)13-20(15-8-6-7-9-16(15)24-2)28(22,23)14-10-11-17(25-3)18(12-14)26-4/h6-12H,5,13H2,1-4H3. The first kappa shape index (κ1) is 21.4. The number of rotatable bonds is 9. The number of anilines is 1. The number of nitrogens with zero attached hydrogens (tertiary/aromatic N) is 1. The van der Waals surface area contributed by atoms with Crippen LogP contribution in [0.25, 0.3) is 0 Å². The minimum absolute atomic E-state index is 0.0691. The Bertz CT molecular complexity index is 928. The van der Waals surface area contributed by atoms with E-state index in [1.54, 1.807) is 31.2 Å². The van der Waals surface area contributed by atoms with Crippen molar-refractivity contribution in [1.82, 2.24) is 0 Å². The molecule has 0 bridgehead atoms. The van der Waals surface area contributed by atoms with Crippen molar-refractivity contribution in [2.45, 2.75) is 11.8 Å². The minimum atomic E-state index is -4.14. The molecule has 9 heteroatoms. The Morgan fingerprint density at radius 2 is 1.57 bits per heavy atom. The summed E-state index contributed by atoms with van der Waals surface area (Å²) in [6.07, 6.45) is 0. The molecule has 0 aliphatic carbocycles. The van der Waals surface area contributed by atoms with Crippen LogP contribution < -0.4 is 18.5 Å². The first-order chi connectivity index (χ1) is 13.4. The molecule has 0 spiro atoms. The molecule has 2 aromatic rings. The molecule has 0 saturated carbocycles. The summed E-state index contributed by atoms with van der Waals surface area (Å²) in [7, 11) is 0.140. The van der Waals surface area contributed by atoms with Crippen LogP contribution >= 0.6 is 0 Å². The predicted molar refractivity (Wildman–Crippen MR) is 104 cm³/mol. The van der Waals surface area contributed by atoms with E-state index in [2.05, 4.69) is 0 Å². The molecule has 0 aliphatic heterocycles. The fraction of sp³-hybridized carbons (Fsp3) is 0.316. The van der Waals surface area contributed by atoms with Crippen LogP contribution in [0.15, 0.2) is 47.4 Å². The minimum Gasteiger partial charge on any atom is -0.495 e. The molecule has 0 N–H and O–H groups in total. The highest BCUT2D eigenvalue weighted by atomic mass is 32.2. The van der Waals surface area contributed by atoms with Gasteiger partial charge in [-0.05, 0) is 31.2 Å². The van der Waals surface area contributed by atoms with Gasteiger partial charge in [0.15, 0.2) is 11.5 Å². The number of sulfonamides is 1. The Kier molecular flexibility index (Phi) is 7.11. The van der Waals surface area contributed by atoms with E-state index in [9.17, 15) is 13.2 Å². The number of hydrogen-bond acceptors (Lipinski definition) is 7. The van der Waals surface area contributed by atoms with Crippen molar-refractivity contribution in [2.75, 3.05) is 38.8 Å². The summed E-state index contributed by atoms with van der Waals surface area (Å²) in [5.74, 6) is 0.253. The van der Waals surface area contributed by atoms with Crippen LogP contribution in [0.4, 0.5) is 5.69 Å². The lowest BCUT2D eigenvalue weighted by Gasteiger charge is -2.25. The fourth-order valence-electron chi connectivity index (χ4n) is 2.56. The molecular weight excluding hydrogens is 386 g/mol. The van der Waals surface area contributed by atoms with Gasteiger partial charge in [-0.2, -0.15) is 0 Å². The van der Waals surface area contributed by atoms with Gasteiger partial charge in [-0.3, -0.25) is 9.10 Å². The zero-order chi connectivity index (χ0) is 20.7. The number of hydrogen-bond donors (Lipinski definition) is 0. The van der Waals surface area contributed by atoms with Crippen molar-refractivity contribution in [1.29, 1.82) is 0 Å². The van der Waals surface area contributed by atoms with Gasteiger partial charge in [0, 0.05) is 6.07 Å². The van der Waals surface area contributed by atoms with Crippen molar-refractivity contribution in [2.24, 2.45) is 0 Å². The second kappa shape index (κ2) is 9.32. The smallest absolute Gasteiger partial charge is 0.326 e. The van der Waals surface area contributed by atoms with Gasteiger partial charge >= 0.3 is 5.97 Å². The average molecular weight is 409 g/mol. The second-order valence-corrected chi connectivity index (χ2v) is 7.37. The molecule has 0 aromatic heterocycles. The average Bonchev–Trinajstić information content (AvgIpc) is 2.71. The molecular formula is C19H23NO7S. The van der Waals surface area contributed by atoms with Gasteiger partial charge in [-0.15, -0.1) is 0 Å². The van der Waals surface area contributed by atoms with Crippen LogP contribution in [0.2, 0.25) is 0 Å². The molecule has 8 nitrogen and oxygen atoms in total. The van der Waals surface area contributed by atoms with E-state index in [-0.39, 0.29) is 22.9 Å². The number of benzene rings is 2. The van der Waals surface area contributed by atoms with E-state index in [4.69, 9.17) is 18.9 Å². The van der Waals surface area contributed by atoms with E-state index < -0.39 is 22.5 Å². The van der Waals surface area contributed by atoms with E-state index in [1.165, 1.54) is 39.5 Å². The summed E-state index contributed by atoms with van der Waals surface area (Å²) in [4.78, 5) is 12.0. The maximum atomic E-state index is 13.4. The highest BCUT2D eigenvalue weighted by Gasteiger charge is 2.30. The quantitative estimate of drug-likeness (QED) is 0.588. The van der Waals surface area contributed by atoms with E-state index >= 15 is 0 Å². The first-order valence-electron chi connectivity index (χ1n) is 8.42. The fourth-order valence-corrected chi connectivity index (χ4v) is 4.00. The summed E-state index contributed by atoms with van der Waals surface area (Å²) in [5, 5.41) is 0. The van der Waals surface area contributed by atoms with Gasteiger partial charge in [0.25, 0.3) is 10.0 Å². The second-order valence-electron chi connectivity index (χ2n) is 5.51. The molecule has 2 rings (SSSR count). The molecule has 0 aliphatic rings. The molecule has 0 fully saturated rings. The number of carbonyl (C=O) groups is 1. The zero-order valence-electron chi connectivity index (χ0n) is 16.2. The molecule has 0 unspecified atom stereocenters. The third kappa shape index (κ3) is 4.48.